The summed E-state index contributed by atoms with van der Waals surface area (Å²) in [6.07, 6.45) is 0.475. The van der Waals surface area contributed by atoms with E-state index in [0.29, 0.717) is 6.42 Å². The Bertz CT molecular complexity index is 1030. The van der Waals surface area contributed by atoms with Gasteiger partial charge in [-0.05, 0) is 37.3 Å². The molecule has 0 aliphatic carbocycles. The third kappa shape index (κ3) is 7.15. The lowest BCUT2D eigenvalue weighted by Gasteiger charge is -2.23. The van der Waals surface area contributed by atoms with E-state index in [1.807, 2.05) is 81.4 Å². The van der Waals surface area contributed by atoms with Gasteiger partial charge in [0.2, 0.25) is 0 Å². The number of benzene rings is 3. The van der Waals surface area contributed by atoms with Gasteiger partial charge in [0.05, 0.1) is 5.71 Å². The van der Waals surface area contributed by atoms with Crippen LogP contribution in [-0.4, -0.2) is 23.3 Å². The van der Waals surface area contributed by atoms with Gasteiger partial charge in [0.15, 0.2) is 6.04 Å². The minimum Gasteiger partial charge on any atom is -0.458 e. The molecule has 0 spiro atoms. The van der Waals surface area contributed by atoms with Gasteiger partial charge in [0, 0.05) is 17.5 Å². The minimum absolute atomic E-state index is 0.0784. The summed E-state index contributed by atoms with van der Waals surface area (Å²) in [6.45, 7) is 12.3. The Morgan fingerprint density at radius 2 is 1.24 bits per heavy atom. The Hall–Kier alpha value is -3.20. The van der Waals surface area contributed by atoms with Crippen molar-refractivity contribution >= 4 is 11.7 Å². The molecule has 0 saturated carbocycles. The fourth-order valence-electron chi connectivity index (χ4n) is 3.58. The highest BCUT2D eigenvalue weighted by Gasteiger charge is 2.26. The smallest absolute Gasteiger partial charge is 0.331 e. The van der Waals surface area contributed by atoms with Crippen molar-refractivity contribution in [2.45, 2.75) is 65.0 Å². The van der Waals surface area contributed by atoms with Crippen LogP contribution in [0, 0.1) is 0 Å². The third-order valence-electron chi connectivity index (χ3n) is 5.31. The summed E-state index contributed by atoms with van der Waals surface area (Å²) in [4.78, 5) is 18.3. The summed E-state index contributed by atoms with van der Waals surface area (Å²) in [5.41, 5.74) is 4.55. The summed E-state index contributed by atoms with van der Waals surface area (Å²) in [6, 6.07) is 27.8. The summed E-state index contributed by atoms with van der Waals surface area (Å²) in [7, 11) is 0. The van der Waals surface area contributed by atoms with Crippen LogP contribution in [0.5, 0.6) is 0 Å². The molecule has 0 radical (unpaired) electrons. The molecule has 0 amide bonds. The Morgan fingerprint density at radius 3 is 1.67 bits per heavy atom. The molecular weight excluding hydrogens is 406 g/mol. The first-order chi connectivity index (χ1) is 15.5. The first-order valence-corrected chi connectivity index (χ1v) is 11.5. The topological polar surface area (TPSA) is 38.7 Å². The molecule has 0 unspecified atom stereocenters. The highest BCUT2D eigenvalue weighted by Crippen LogP contribution is 2.23. The molecule has 0 heterocycles. The molecule has 0 aliphatic rings. The number of esters is 1. The van der Waals surface area contributed by atoms with E-state index in [1.165, 1.54) is 5.56 Å². The van der Waals surface area contributed by atoms with Gasteiger partial charge in [0.25, 0.3) is 0 Å². The van der Waals surface area contributed by atoms with Gasteiger partial charge in [0.1, 0.15) is 5.60 Å². The lowest BCUT2D eigenvalue weighted by Crippen LogP contribution is -2.33. The van der Waals surface area contributed by atoms with Crippen LogP contribution in [0.2, 0.25) is 0 Å². The van der Waals surface area contributed by atoms with Crippen molar-refractivity contribution in [3.63, 3.8) is 0 Å². The van der Waals surface area contributed by atoms with Gasteiger partial charge >= 0.3 is 5.97 Å². The average Bonchev–Trinajstić information content (AvgIpc) is 2.76. The predicted molar refractivity (Wildman–Crippen MR) is 137 cm³/mol. The van der Waals surface area contributed by atoms with Crippen molar-refractivity contribution in [1.29, 1.82) is 0 Å². The summed E-state index contributed by atoms with van der Waals surface area (Å²) < 4.78 is 5.78. The van der Waals surface area contributed by atoms with Gasteiger partial charge in [-0.1, -0.05) is 106 Å². The maximum absolute atomic E-state index is 13.3. The van der Waals surface area contributed by atoms with Crippen LogP contribution in [0.3, 0.4) is 0 Å². The van der Waals surface area contributed by atoms with E-state index < -0.39 is 11.6 Å². The monoisotopic (exact) mass is 441 g/mol. The lowest BCUT2D eigenvalue weighted by atomic mass is 9.86. The van der Waals surface area contributed by atoms with Gasteiger partial charge < -0.3 is 4.74 Å². The number of hydrogen-bond acceptors (Lipinski definition) is 3. The van der Waals surface area contributed by atoms with Crippen molar-refractivity contribution < 1.29 is 9.53 Å². The minimum atomic E-state index is -0.653. The quantitative estimate of drug-likeness (QED) is 0.313. The average molecular weight is 442 g/mol. The SMILES string of the molecule is CC(C)(C)OC(=O)[C@@H](Cc1ccc(C(C)(C)C)cc1)N=C(c1ccccc1)c1ccccc1. The molecule has 3 aromatic carbocycles. The molecule has 0 fully saturated rings. The third-order valence-corrected chi connectivity index (χ3v) is 5.31. The van der Waals surface area contributed by atoms with E-state index in [1.54, 1.807) is 0 Å². The Morgan fingerprint density at radius 1 is 0.758 bits per heavy atom. The second-order valence-electron chi connectivity index (χ2n) is 10.4. The highest BCUT2D eigenvalue weighted by molar-refractivity contribution is 6.13. The van der Waals surface area contributed by atoms with Crippen LogP contribution >= 0.6 is 0 Å². The van der Waals surface area contributed by atoms with Gasteiger partial charge in [-0.2, -0.15) is 0 Å². The molecule has 3 nitrogen and oxygen atoms in total. The normalized spacial score (nSPS) is 12.7. The highest BCUT2D eigenvalue weighted by atomic mass is 16.6. The fraction of sp³-hybridized carbons (Fsp3) is 0.333. The van der Waals surface area contributed by atoms with Crippen molar-refractivity contribution in [2.24, 2.45) is 4.99 Å². The zero-order valence-electron chi connectivity index (χ0n) is 20.6. The number of carbonyl (C=O) groups is 1. The molecule has 0 bridgehead atoms. The van der Waals surface area contributed by atoms with Crippen LogP contribution < -0.4 is 0 Å². The maximum Gasteiger partial charge on any atom is 0.331 e. The second kappa shape index (κ2) is 10.2. The van der Waals surface area contributed by atoms with Crippen molar-refractivity contribution in [3.8, 4) is 0 Å². The Labute approximate surface area is 198 Å². The molecule has 33 heavy (non-hydrogen) atoms. The first-order valence-electron chi connectivity index (χ1n) is 11.5. The molecule has 1 atom stereocenters. The largest absolute Gasteiger partial charge is 0.458 e. The number of aliphatic imine (C=N–C) groups is 1. The van der Waals surface area contributed by atoms with Gasteiger partial charge in [-0.3, -0.25) is 4.99 Å². The van der Waals surface area contributed by atoms with E-state index in [2.05, 4.69) is 45.0 Å². The standard InChI is InChI=1S/C30H35NO2/c1-29(2,3)25-19-17-22(18-20-25)21-26(28(32)33-30(4,5)6)31-27(23-13-9-7-10-14-23)24-15-11-8-12-16-24/h7-20,26H,21H2,1-6H3/t26-/m1/s1. The molecular formula is C30H35NO2. The summed E-state index contributed by atoms with van der Waals surface area (Å²) >= 11 is 0. The maximum atomic E-state index is 13.3. The van der Waals surface area contributed by atoms with Crippen molar-refractivity contribution in [1.82, 2.24) is 0 Å². The molecule has 3 aromatic rings. The molecule has 3 heteroatoms. The number of hydrogen-bond donors (Lipinski definition) is 0. The molecule has 0 aliphatic heterocycles. The number of rotatable bonds is 6. The summed E-state index contributed by atoms with van der Waals surface area (Å²) in [5.74, 6) is -0.313. The van der Waals surface area contributed by atoms with E-state index in [0.717, 1.165) is 22.4 Å². The molecule has 0 N–H and O–H groups in total. The van der Waals surface area contributed by atoms with Crippen molar-refractivity contribution in [2.75, 3.05) is 0 Å². The fourth-order valence-corrected chi connectivity index (χ4v) is 3.58. The van der Waals surface area contributed by atoms with Gasteiger partial charge in [-0.25, -0.2) is 4.79 Å². The lowest BCUT2D eigenvalue weighted by molar-refractivity contribution is -0.156. The Balaban J connectivity index is 2.03. The Kier molecular flexibility index (Phi) is 7.53. The predicted octanol–water partition coefficient (Wildman–Crippen LogP) is 6.77. The van der Waals surface area contributed by atoms with Crippen LogP contribution in [0.25, 0.3) is 0 Å². The number of carbonyl (C=O) groups excluding carboxylic acids is 1. The number of nitrogens with zero attached hydrogens (tertiary/aromatic N) is 1. The zero-order chi connectivity index (χ0) is 24.1. The van der Waals surface area contributed by atoms with Crippen LogP contribution in [-0.2, 0) is 21.4 Å². The molecule has 0 saturated heterocycles. The van der Waals surface area contributed by atoms with Crippen LogP contribution in [0.15, 0.2) is 89.9 Å². The first kappa shape index (κ1) is 24.4. The number of ether oxygens (including phenoxy) is 1. The summed E-state index contributed by atoms with van der Waals surface area (Å²) in [5, 5.41) is 0. The van der Waals surface area contributed by atoms with E-state index in [4.69, 9.17) is 9.73 Å². The van der Waals surface area contributed by atoms with E-state index in [-0.39, 0.29) is 11.4 Å². The van der Waals surface area contributed by atoms with E-state index >= 15 is 0 Å². The molecule has 172 valence electrons. The second-order valence-corrected chi connectivity index (χ2v) is 10.4. The molecule has 3 rings (SSSR count). The van der Waals surface area contributed by atoms with E-state index in [9.17, 15) is 4.79 Å². The zero-order valence-corrected chi connectivity index (χ0v) is 20.6. The van der Waals surface area contributed by atoms with Crippen LogP contribution in [0.1, 0.15) is 63.8 Å². The van der Waals surface area contributed by atoms with Gasteiger partial charge in [-0.15, -0.1) is 0 Å². The van der Waals surface area contributed by atoms with Crippen LogP contribution in [0.4, 0.5) is 0 Å². The molecule has 0 aromatic heterocycles. The van der Waals surface area contributed by atoms with Crippen molar-refractivity contribution in [3.05, 3.63) is 107 Å².